The monoisotopic (exact) mass is 274 g/mol. The van der Waals surface area contributed by atoms with Gasteiger partial charge in [0.05, 0.1) is 17.7 Å². The third-order valence-electron chi connectivity index (χ3n) is 2.83. The Balaban J connectivity index is 2.02. The predicted molar refractivity (Wildman–Crippen MR) is 71.0 cm³/mol. The van der Waals surface area contributed by atoms with Gasteiger partial charge in [0.2, 0.25) is 0 Å². The fourth-order valence-electron chi connectivity index (χ4n) is 1.76. The first kappa shape index (κ1) is 14.0. The van der Waals surface area contributed by atoms with E-state index < -0.39 is 17.7 Å². The second kappa shape index (κ2) is 6.13. The van der Waals surface area contributed by atoms with E-state index in [1.54, 1.807) is 24.3 Å². The van der Waals surface area contributed by atoms with Gasteiger partial charge in [-0.15, -0.1) is 0 Å². The van der Waals surface area contributed by atoms with Crippen LogP contribution in [-0.4, -0.2) is 11.7 Å². The van der Waals surface area contributed by atoms with Crippen molar-refractivity contribution in [2.45, 2.75) is 6.10 Å². The maximum absolute atomic E-state index is 13.5. The molecule has 2 N–H and O–H groups in total. The molecule has 0 aromatic heterocycles. The summed E-state index contributed by atoms with van der Waals surface area (Å²) in [6, 6.07) is 11.5. The highest BCUT2D eigenvalue weighted by atomic mass is 19.1. The summed E-state index contributed by atoms with van der Waals surface area (Å²) in [6.07, 6.45) is -1.17. The van der Waals surface area contributed by atoms with Crippen molar-refractivity contribution < 1.29 is 13.9 Å². The number of nitriles is 1. The van der Waals surface area contributed by atoms with Crippen molar-refractivity contribution in [2.75, 3.05) is 11.9 Å². The largest absolute Gasteiger partial charge is 0.386 e. The SMILES string of the molecule is N#Cc1ccc(NCC(O)c2cc(F)ccc2F)cc1. The normalized spacial score (nSPS) is 11.7. The fourth-order valence-corrected chi connectivity index (χ4v) is 1.76. The minimum atomic E-state index is -1.17. The first-order valence-electron chi connectivity index (χ1n) is 5.97. The van der Waals surface area contributed by atoms with Crippen LogP contribution in [0, 0.1) is 23.0 Å². The molecule has 0 fully saturated rings. The molecule has 0 aliphatic carbocycles. The summed E-state index contributed by atoms with van der Waals surface area (Å²) < 4.78 is 26.5. The van der Waals surface area contributed by atoms with E-state index >= 15 is 0 Å². The number of aliphatic hydroxyl groups excluding tert-OH is 1. The van der Waals surface area contributed by atoms with Gasteiger partial charge in [0.1, 0.15) is 11.6 Å². The summed E-state index contributed by atoms with van der Waals surface area (Å²) in [7, 11) is 0. The van der Waals surface area contributed by atoms with Crippen LogP contribution in [0.25, 0.3) is 0 Å². The Morgan fingerprint density at radius 2 is 1.85 bits per heavy atom. The van der Waals surface area contributed by atoms with E-state index in [0.29, 0.717) is 11.3 Å². The van der Waals surface area contributed by atoms with Gasteiger partial charge < -0.3 is 10.4 Å². The molecule has 0 saturated heterocycles. The Bertz CT molecular complexity index is 635. The van der Waals surface area contributed by atoms with E-state index in [2.05, 4.69) is 5.32 Å². The summed E-state index contributed by atoms with van der Waals surface area (Å²) in [5.41, 5.74) is 1.11. The van der Waals surface area contributed by atoms with Gasteiger partial charge in [-0.3, -0.25) is 0 Å². The molecule has 2 aromatic carbocycles. The van der Waals surface area contributed by atoms with Crippen molar-refractivity contribution in [2.24, 2.45) is 0 Å². The molecule has 0 radical (unpaired) electrons. The number of halogens is 2. The first-order valence-corrected chi connectivity index (χ1v) is 5.97. The van der Waals surface area contributed by atoms with Gasteiger partial charge in [-0.05, 0) is 42.5 Å². The van der Waals surface area contributed by atoms with Crippen molar-refractivity contribution in [1.29, 1.82) is 5.26 Å². The van der Waals surface area contributed by atoms with Crippen LogP contribution in [0.1, 0.15) is 17.2 Å². The topological polar surface area (TPSA) is 56.0 Å². The first-order chi connectivity index (χ1) is 9.60. The molecule has 0 aliphatic rings. The summed E-state index contributed by atoms with van der Waals surface area (Å²) in [6.45, 7) is 0.0340. The molecule has 2 aromatic rings. The standard InChI is InChI=1S/C15H12F2N2O/c16-11-3-6-14(17)13(7-11)15(20)9-19-12-4-1-10(8-18)2-5-12/h1-7,15,19-20H,9H2. The van der Waals surface area contributed by atoms with Crippen LogP contribution in [-0.2, 0) is 0 Å². The number of hydrogen-bond donors (Lipinski definition) is 2. The lowest BCUT2D eigenvalue weighted by atomic mass is 10.1. The molecule has 0 spiro atoms. The smallest absolute Gasteiger partial charge is 0.129 e. The van der Waals surface area contributed by atoms with Gasteiger partial charge in [0.15, 0.2) is 0 Å². The predicted octanol–water partition coefficient (Wildman–Crippen LogP) is 2.98. The Morgan fingerprint density at radius 3 is 2.50 bits per heavy atom. The van der Waals surface area contributed by atoms with E-state index in [0.717, 1.165) is 18.2 Å². The molecular formula is C15H12F2N2O. The molecule has 0 saturated carbocycles. The zero-order valence-corrected chi connectivity index (χ0v) is 10.5. The summed E-state index contributed by atoms with van der Waals surface area (Å²) in [5.74, 6) is -1.25. The van der Waals surface area contributed by atoms with E-state index in [9.17, 15) is 13.9 Å². The van der Waals surface area contributed by atoms with Crippen LogP contribution < -0.4 is 5.32 Å². The Labute approximate surface area is 115 Å². The zero-order valence-electron chi connectivity index (χ0n) is 10.5. The van der Waals surface area contributed by atoms with Gasteiger partial charge in [-0.25, -0.2) is 8.78 Å². The number of hydrogen-bond acceptors (Lipinski definition) is 3. The van der Waals surface area contributed by atoms with Crippen molar-refractivity contribution in [1.82, 2.24) is 0 Å². The number of benzene rings is 2. The Morgan fingerprint density at radius 1 is 1.15 bits per heavy atom. The van der Waals surface area contributed by atoms with Gasteiger partial charge in [0, 0.05) is 17.8 Å². The Hall–Kier alpha value is -2.45. The second-order valence-corrected chi connectivity index (χ2v) is 4.25. The maximum atomic E-state index is 13.5. The fraction of sp³-hybridized carbons (Fsp3) is 0.133. The van der Waals surface area contributed by atoms with Gasteiger partial charge >= 0.3 is 0 Å². The molecule has 0 aliphatic heterocycles. The zero-order chi connectivity index (χ0) is 14.5. The average molecular weight is 274 g/mol. The van der Waals surface area contributed by atoms with Crippen LogP contribution in [0.4, 0.5) is 14.5 Å². The van der Waals surface area contributed by atoms with Crippen LogP contribution in [0.15, 0.2) is 42.5 Å². The molecule has 102 valence electrons. The molecule has 5 heteroatoms. The number of nitrogens with one attached hydrogen (secondary N) is 1. The molecule has 3 nitrogen and oxygen atoms in total. The molecule has 0 heterocycles. The molecule has 1 atom stereocenters. The summed E-state index contributed by atoms with van der Waals surface area (Å²) in [4.78, 5) is 0. The lowest BCUT2D eigenvalue weighted by molar-refractivity contribution is 0.186. The number of rotatable bonds is 4. The number of aliphatic hydroxyl groups is 1. The molecule has 0 bridgehead atoms. The van der Waals surface area contributed by atoms with Gasteiger partial charge in [-0.1, -0.05) is 0 Å². The van der Waals surface area contributed by atoms with Crippen LogP contribution in [0.5, 0.6) is 0 Å². The molecule has 1 unspecified atom stereocenters. The highest BCUT2D eigenvalue weighted by Crippen LogP contribution is 2.19. The quantitative estimate of drug-likeness (QED) is 0.901. The van der Waals surface area contributed by atoms with Crippen molar-refractivity contribution in [3.8, 4) is 6.07 Å². The summed E-state index contributed by atoms with van der Waals surface area (Å²) in [5, 5.41) is 21.4. The number of anilines is 1. The van der Waals surface area contributed by atoms with Crippen LogP contribution in [0.2, 0.25) is 0 Å². The minimum Gasteiger partial charge on any atom is -0.386 e. The van der Waals surface area contributed by atoms with Gasteiger partial charge in [-0.2, -0.15) is 5.26 Å². The van der Waals surface area contributed by atoms with E-state index in [1.165, 1.54) is 0 Å². The highest BCUT2D eigenvalue weighted by molar-refractivity contribution is 5.47. The third kappa shape index (κ3) is 3.31. The van der Waals surface area contributed by atoms with E-state index in [-0.39, 0.29) is 12.1 Å². The molecule has 0 amide bonds. The average Bonchev–Trinajstić information content (AvgIpc) is 2.47. The van der Waals surface area contributed by atoms with Crippen molar-refractivity contribution in [3.63, 3.8) is 0 Å². The molecule has 20 heavy (non-hydrogen) atoms. The molecular weight excluding hydrogens is 262 g/mol. The Kier molecular flexibility index (Phi) is 4.28. The van der Waals surface area contributed by atoms with Crippen molar-refractivity contribution >= 4 is 5.69 Å². The highest BCUT2D eigenvalue weighted by Gasteiger charge is 2.13. The lowest BCUT2D eigenvalue weighted by Gasteiger charge is -2.14. The second-order valence-electron chi connectivity index (χ2n) is 4.25. The van der Waals surface area contributed by atoms with E-state index in [1.807, 2.05) is 6.07 Å². The minimum absolute atomic E-state index is 0.0340. The number of nitrogens with zero attached hydrogens (tertiary/aromatic N) is 1. The molecule has 2 rings (SSSR count). The lowest BCUT2D eigenvalue weighted by Crippen LogP contribution is -2.13. The van der Waals surface area contributed by atoms with Crippen LogP contribution >= 0.6 is 0 Å². The van der Waals surface area contributed by atoms with E-state index in [4.69, 9.17) is 5.26 Å². The van der Waals surface area contributed by atoms with Crippen LogP contribution in [0.3, 0.4) is 0 Å². The summed E-state index contributed by atoms with van der Waals surface area (Å²) >= 11 is 0. The maximum Gasteiger partial charge on any atom is 0.129 e. The van der Waals surface area contributed by atoms with Gasteiger partial charge in [0.25, 0.3) is 0 Å². The third-order valence-corrected chi connectivity index (χ3v) is 2.83. The van der Waals surface area contributed by atoms with Crippen molar-refractivity contribution in [3.05, 3.63) is 65.2 Å².